The monoisotopic (exact) mass is 492 g/mol. The van der Waals surface area contributed by atoms with E-state index in [2.05, 4.69) is 5.32 Å². The molecule has 0 bridgehead atoms. The fourth-order valence-corrected chi connectivity index (χ4v) is 3.85. The van der Waals surface area contributed by atoms with Crippen molar-refractivity contribution in [3.8, 4) is 5.75 Å². The second kappa shape index (κ2) is 13.0. The molecule has 0 saturated carbocycles. The minimum atomic E-state index is -0.688. The molecule has 1 N–H and O–H groups in total. The zero-order valence-electron chi connectivity index (χ0n) is 20.5. The van der Waals surface area contributed by atoms with Crippen molar-refractivity contribution >= 4 is 23.4 Å². The number of halogens is 1. The number of nitrogens with zero attached hydrogens (tertiary/aromatic N) is 1. The molecule has 6 heteroatoms. The molecule has 3 aromatic rings. The SMILES string of the molecule is CCC(C)NC(=O)C(Cc1ccccc1)N(Cc1ccccc1C)C(=O)COc1ccc(Cl)cc1. The van der Waals surface area contributed by atoms with Crippen LogP contribution in [0.4, 0.5) is 0 Å². The van der Waals surface area contributed by atoms with Gasteiger partial charge >= 0.3 is 0 Å². The zero-order valence-corrected chi connectivity index (χ0v) is 21.3. The van der Waals surface area contributed by atoms with Crippen LogP contribution in [0, 0.1) is 6.92 Å². The third-order valence-corrected chi connectivity index (χ3v) is 6.30. The number of carbonyl (C=O) groups excluding carboxylic acids is 2. The van der Waals surface area contributed by atoms with Crippen LogP contribution < -0.4 is 10.1 Å². The van der Waals surface area contributed by atoms with Crippen LogP contribution in [0.3, 0.4) is 0 Å². The van der Waals surface area contributed by atoms with Gasteiger partial charge in [-0.05, 0) is 61.2 Å². The highest BCUT2D eigenvalue weighted by Crippen LogP contribution is 2.19. The quantitative estimate of drug-likeness (QED) is 0.380. The molecule has 0 radical (unpaired) electrons. The number of ether oxygens (including phenoxy) is 1. The van der Waals surface area contributed by atoms with Crippen LogP contribution in [0.15, 0.2) is 78.9 Å². The molecule has 5 nitrogen and oxygen atoms in total. The Morgan fingerprint density at radius 1 is 0.971 bits per heavy atom. The number of nitrogens with one attached hydrogen (secondary N) is 1. The average molecular weight is 493 g/mol. The van der Waals surface area contributed by atoms with Crippen molar-refractivity contribution in [1.82, 2.24) is 10.2 Å². The van der Waals surface area contributed by atoms with Crippen LogP contribution in [0.2, 0.25) is 5.02 Å². The first-order valence-electron chi connectivity index (χ1n) is 11.9. The Morgan fingerprint density at radius 3 is 2.29 bits per heavy atom. The molecule has 3 aromatic carbocycles. The summed E-state index contributed by atoms with van der Waals surface area (Å²) in [6.45, 7) is 6.12. The van der Waals surface area contributed by atoms with Crippen LogP contribution in [0.1, 0.15) is 37.0 Å². The fraction of sp³-hybridized carbons (Fsp3) is 0.310. The zero-order chi connectivity index (χ0) is 25.2. The highest BCUT2D eigenvalue weighted by atomic mass is 35.5. The second-order valence-electron chi connectivity index (χ2n) is 8.71. The number of amides is 2. The van der Waals surface area contributed by atoms with Gasteiger partial charge in [0.05, 0.1) is 0 Å². The van der Waals surface area contributed by atoms with Gasteiger partial charge < -0.3 is 15.0 Å². The highest BCUT2D eigenvalue weighted by Gasteiger charge is 2.31. The van der Waals surface area contributed by atoms with Crippen molar-refractivity contribution in [2.75, 3.05) is 6.61 Å². The second-order valence-corrected chi connectivity index (χ2v) is 9.15. The lowest BCUT2D eigenvalue weighted by Crippen LogP contribution is -2.53. The van der Waals surface area contributed by atoms with E-state index in [1.807, 2.05) is 75.4 Å². The molecule has 184 valence electrons. The Balaban J connectivity index is 1.91. The Labute approximate surface area is 213 Å². The largest absolute Gasteiger partial charge is 0.484 e. The molecule has 0 saturated heterocycles. The molecule has 0 fully saturated rings. The van der Waals surface area contributed by atoms with Gasteiger partial charge in [-0.2, -0.15) is 0 Å². The van der Waals surface area contributed by atoms with E-state index in [-0.39, 0.29) is 24.5 Å². The van der Waals surface area contributed by atoms with E-state index in [1.54, 1.807) is 29.2 Å². The maximum absolute atomic E-state index is 13.6. The molecule has 0 spiro atoms. The third kappa shape index (κ3) is 7.86. The number of rotatable bonds is 11. The van der Waals surface area contributed by atoms with Crippen LogP contribution in [-0.4, -0.2) is 35.4 Å². The molecule has 2 atom stereocenters. The number of hydrogen-bond acceptors (Lipinski definition) is 3. The lowest BCUT2D eigenvalue weighted by Gasteiger charge is -2.32. The van der Waals surface area contributed by atoms with Gasteiger partial charge in [0.2, 0.25) is 5.91 Å². The van der Waals surface area contributed by atoms with E-state index in [9.17, 15) is 9.59 Å². The Morgan fingerprint density at radius 2 is 1.63 bits per heavy atom. The summed E-state index contributed by atoms with van der Waals surface area (Å²) in [5.74, 6) is 0.113. The fourth-order valence-electron chi connectivity index (χ4n) is 3.72. The third-order valence-electron chi connectivity index (χ3n) is 6.05. The van der Waals surface area contributed by atoms with E-state index in [0.29, 0.717) is 23.7 Å². The topological polar surface area (TPSA) is 58.6 Å². The summed E-state index contributed by atoms with van der Waals surface area (Å²) in [7, 11) is 0. The molecular formula is C29H33ClN2O3. The van der Waals surface area contributed by atoms with Crippen molar-refractivity contribution in [2.24, 2.45) is 0 Å². The van der Waals surface area contributed by atoms with E-state index in [1.165, 1.54) is 0 Å². The molecule has 0 aliphatic carbocycles. The van der Waals surface area contributed by atoms with Crippen molar-refractivity contribution in [2.45, 2.75) is 52.2 Å². The summed E-state index contributed by atoms with van der Waals surface area (Å²) in [4.78, 5) is 28.7. The molecule has 3 rings (SSSR count). The smallest absolute Gasteiger partial charge is 0.261 e. The Bertz CT molecular complexity index is 1100. The van der Waals surface area contributed by atoms with Gasteiger partial charge in [0.1, 0.15) is 11.8 Å². The normalized spacial score (nSPS) is 12.5. The van der Waals surface area contributed by atoms with E-state index in [4.69, 9.17) is 16.3 Å². The van der Waals surface area contributed by atoms with E-state index < -0.39 is 6.04 Å². The van der Waals surface area contributed by atoms with Gasteiger partial charge in [-0.1, -0.05) is 73.1 Å². The molecule has 2 unspecified atom stereocenters. The summed E-state index contributed by atoms with van der Waals surface area (Å²) in [5, 5.41) is 3.67. The summed E-state index contributed by atoms with van der Waals surface area (Å²) >= 11 is 5.96. The molecule has 2 amide bonds. The predicted molar refractivity (Wildman–Crippen MR) is 141 cm³/mol. The minimum Gasteiger partial charge on any atom is -0.484 e. The number of aryl methyl sites for hydroxylation is 1. The lowest BCUT2D eigenvalue weighted by molar-refractivity contribution is -0.143. The van der Waals surface area contributed by atoms with Crippen LogP contribution >= 0.6 is 11.6 Å². The van der Waals surface area contributed by atoms with Crippen molar-refractivity contribution < 1.29 is 14.3 Å². The number of carbonyl (C=O) groups is 2. The van der Waals surface area contributed by atoms with Crippen molar-refractivity contribution in [1.29, 1.82) is 0 Å². The van der Waals surface area contributed by atoms with Crippen LogP contribution in [-0.2, 0) is 22.6 Å². The molecule has 0 aromatic heterocycles. The molecule has 35 heavy (non-hydrogen) atoms. The molecule has 0 aliphatic heterocycles. The van der Waals surface area contributed by atoms with Crippen LogP contribution in [0.5, 0.6) is 5.75 Å². The average Bonchev–Trinajstić information content (AvgIpc) is 2.87. The van der Waals surface area contributed by atoms with Crippen molar-refractivity contribution in [3.05, 3.63) is 101 Å². The first-order valence-corrected chi connectivity index (χ1v) is 12.3. The first kappa shape index (κ1) is 26.3. The Kier molecular flexibility index (Phi) is 9.74. The van der Waals surface area contributed by atoms with Gasteiger partial charge in [0, 0.05) is 24.0 Å². The van der Waals surface area contributed by atoms with Gasteiger partial charge in [0.15, 0.2) is 6.61 Å². The maximum Gasteiger partial charge on any atom is 0.261 e. The lowest BCUT2D eigenvalue weighted by atomic mass is 10.0. The predicted octanol–water partition coefficient (Wildman–Crippen LogP) is 5.58. The molecular weight excluding hydrogens is 460 g/mol. The summed E-state index contributed by atoms with van der Waals surface area (Å²) in [6, 6.07) is 23.9. The Hall–Kier alpha value is -3.31. The molecule has 0 aliphatic rings. The van der Waals surface area contributed by atoms with Gasteiger partial charge in [0.25, 0.3) is 5.91 Å². The van der Waals surface area contributed by atoms with E-state index >= 15 is 0 Å². The summed E-state index contributed by atoms with van der Waals surface area (Å²) in [5.41, 5.74) is 3.03. The minimum absolute atomic E-state index is 0.00139. The maximum atomic E-state index is 13.6. The van der Waals surface area contributed by atoms with Gasteiger partial charge in [-0.15, -0.1) is 0 Å². The first-order chi connectivity index (χ1) is 16.9. The van der Waals surface area contributed by atoms with Gasteiger partial charge in [-0.3, -0.25) is 9.59 Å². The standard InChI is InChI=1S/C29H33ClN2O3/c1-4-22(3)31-29(34)27(18-23-11-6-5-7-12-23)32(19-24-13-9-8-10-21(24)2)28(33)20-35-26-16-14-25(30)15-17-26/h5-17,22,27H,4,18-20H2,1-3H3,(H,31,34). The highest BCUT2D eigenvalue weighted by molar-refractivity contribution is 6.30. The van der Waals surface area contributed by atoms with Gasteiger partial charge in [-0.25, -0.2) is 0 Å². The van der Waals surface area contributed by atoms with Crippen LogP contribution in [0.25, 0.3) is 0 Å². The number of hydrogen-bond donors (Lipinski definition) is 1. The number of benzene rings is 3. The van der Waals surface area contributed by atoms with E-state index in [0.717, 1.165) is 23.1 Å². The summed E-state index contributed by atoms with van der Waals surface area (Å²) < 4.78 is 5.77. The van der Waals surface area contributed by atoms with Crippen molar-refractivity contribution in [3.63, 3.8) is 0 Å². The molecule has 0 heterocycles. The summed E-state index contributed by atoms with van der Waals surface area (Å²) in [6.07, 6.45) is 1.21.